The molecule has 2 aliphatic rings. The van der Waals surface area contributed by atoms with Crippen molar-refractivity contribution in [3.05, 3.63) is 70.9 Å². The highest BCUT2D eigenvalue weighted by molar-refractivity contribution is 6.30. The van der Waals surface area contributed by atoms with E-state index in [2.05, 4.69) is 10.3 Å². The van der Waals surface area contributed by atoms with Crippen LogP contribution < -0.4 is 0 Å². The standard InChI is InChI=1S/C22H18ClF2N3O6/c23-16-12(24)6-11(7-13(16)25)14-8-28(27-26-14)17-18(29)20(21(30)31)33-15-9-32-22(34-19(15)17)10-4-2-1-3-5-10/h1-8,15,17-20,22,29H,9H2,(H,30,31)/t15-,17-,18-,19+,20-,22?/m1/s1. The van der Waals surface area contributed by atoms with Crippen molar-refractivity contribution in [1.29, 1.82) is 0 Å². The van der Waals surface area contributed by atoms with Gasteiger partial charge in [0.2, 0.25) is 0 Å². The SMILES string of the molecule is O=C(O)[C@@H]1O[C@@H]2COC(c3ccccc3)O[C@@H]2[C@H](n2cc(-c3cc(F)c(Cl)c(F)c3)nn2)[C@H]1O. The van der Waals surface area contributed by atoms with Crippen LogP contribution in [0, 0.1) is 11.6 Å². The van der Waals surface area contributed by atoms with Gasteiger partial charge in [0.1, 0.15) is 46.7 Å². The number of aromatic nitrogens is 3. The molecule has 2 aromatic carbocycles. The van der Waals surface area contributed by atoms with E-state index < -0.39 is 59.4 Å². The van der Waals surface area contributed by atoms with Gasteiger partial charge in [0.25, 0.3) is 0 Å². The lowest BCUT2D eigenvalue weighted by Crippen LogP contribution is -2.61. The Hall–Kier alpha value is -2.96. The number of hydrogen-bond acceptors (Lipinski definition) is 7. The van der Waals surface area contributed by atoms with Crippen molar-refractivity contribution < 1.29 is 38.0 Å². The van der Waals surface area contributed by atoms with Crippen LogP contribution >= 0.6 is 11.6 Å². The molecule has 0 amide bonds. The molecule has 3 heterocycles. The molecule has 0 spiro atoms. The number of rotatable bonds is 4. The van der Waals surface area contributed by atoms with Gasteiger partial charge in [-0.15, -0.1) is 5.10 Å². The lowest BCUT2D eigenvalue weighted by Gasteiger charge is -2.47. The molecule has 1 unspecified atom stereocenters. The molecule has 2 N–H and O–H groups in total. The predicted octanol–water partition coefficient (Wildman–Crippen LogP) is 2.74. The van der Waals surface area contributed by atoms with Crippen LogP contribution in [0.1, 0.15) is 17.9 Å². The number of aliphatic carboxylic acids is 1. The number of halogens is 3. The molecule has 0 bridgehead atoms. The number of ether oxygens (including phenoxy) is 3. The average Bonchev–Trinajstić information content (AvgIpc) is 3.31. The molecule has 0 aliphatic carbocycles. The van der Waals surface area contributed by atoms with Crippen molar-refractivity contribution in [2.45, 2.75) is 36.7 Å². The van der Waals surface area contributed by atoms with Crippen LogP contribution in [0.2, 0.25) is 5.02 Å². The Morgan fingerprint density at radius 3 is 2.53 bits per heavy atom. The van der Waals surface area contributed by atoms with Gasteiger partial charge in [0.15, 0.2) is 12.4 Å². The molecule has 9 nitrogen and oxygen atoms in total. The van der Waals surface area contributed by atoms with E-state index in [9.17, 15) is 23.8 Å². The summed E-state index contributed by atoms with van der Waals surface area (Å²) in [6.45, 7) is 0.00634. The summed E-state index contributed by atoms with van der Waals surface area (Å²) in [5.74, 6) is -3.31. The summed E-state index contributed by atoms with van der Waals surface area (Å²) in [6, 6.07) is 10.0. The third kappa shape index (κ3) is 4.05. The van der Waals surface area contributed by atoms with Crippen LogP contribution in [0.15, 0.2) is 48.7 Å². The first-order valence-electron chi connectivity index (χ1n) is 10.3. The van der Waals surface area contributed by atoms with Gasteiger partial charge in [0, 0.05) is 11.1 Å². The van der Waals surface area contributed by atoms with Crippen LogP contribution in [0.25, 0.3) is 11.3 Å². The second-order valence-corrected chi connectivity index (χ2v) is 8.31. The Morgan fingerprint density at radius 2 is 1.85 bits per heavy atom. The Labute approximate surface area is 196 Å². The second-order valence-electron chi connectivity index (χ2n) is 7.93. The number of carboxylic acid groups (broad SMARTS) is 1. The topological polar surface area (TPSA) is 116 Å². The lowest BCUT2D eigenvalue weighted by atomic mass is 9.91. The molecule has 2 saturated heterocycles. The summed E-state index contributed by atoms with van der Waals surface area (Å²) in [7, 11) is 0. The highest BCUT2D eigenvalue weighted by Gasteiger charge is 2.53. The fraction of sp³-hybridized carbons (Fsp3) is 0.318. The van der Waals surface area contributed by atoms with Crippen LogP contribution in [0.3, 0.4) is 0 Å². The van der Waals surface area contributed by atoms with E-state index in [4.69, 9.17) is 25.8 Å². The van der Waals surface area contributed by atoms with Crippen molar-refractivity contribution in [2.24, 2.45) is 0 Å². The molecule has 1 aromatic heterocycles. The first-order chi connectivity index (χ1) is 16.3. The Balaban J connectivity index is 1.50. The molecule has 0 radical (unpaired) electrons. The van der Waals surface area contributed by atoms with Crippen molar-refractivity contribution in [2.75, 3.05) is 6.61 Å². The van der Waals surface area contributed by atoms with E-state index in [0.29, 0.717) is 0 Å². The molecule has 34 heavy (non-hydrogen) atoms. The number of carboxylic acids is 1. The molecule has 5 rings (SSSR count). The summed E-state index contributed by atoms with van der Waals surface area (Å²) in [4.78, 5) is 11.7. The molecular formula is C22H18ClF2N3O6. The minimum Gasteiger partial charge on any atom is -0.479 e. The molecule has 6 atom stereocenters. The third-order valence-corrected chi connectivity index (χ3v) is 6.15. The second kappa shape index (κ2) is 9.01. The Morgan fingerprint density at radius 1 is 1.15 bits per heavy atom. The number of nitrogens with zero attached hydrogens (tertiary/aromatic N) is 3. The quantitative estimate of drug-likeness (QED) is 0.533. The first-order valence-corrected chi connectivity index (χ1v) is 10.7. The molecule has 12 heteroatoms. The van der Waals surface area contributed by atoms with E-state index in [1.807, 2.05) is 18.2 Å². The third-order valence-electron chi connectivity index (χ3n) is 5.79. The van der Waals surface area contributed by atoms with Gasteiger partial charge in [0.05, 0.1) is 12.8 Å². The number of aliphatic hydroxyl groups is 1. The number of carbonyl (C=O) groups is 1. The van der Waals surface area contributed by atoms with Crippen molar-refractivity contribution in [3.63, 3.8) is 0 Å². The van der Waals surface area contributed by atoms with Gasteiger partial charge in [-0.3, -0.25) is 0 Å². The zero-order valence-corrected chi connectivity index (χ0v) is 18.0. The zero-order valence-electron chi connectivity index (χ0n) is 17.3. The van der Waals surface area contributed by atoms with Crippen molar-refractivity contribution >= 4 is 17.6 Å². The first kappa shape index (κ1) is 22.8. The summed E-state index contributed by atoms with van der Waals surface area (Å²) in [5, 5.41) is 27.7. The van der Waals surface area contributed by atoms with Gasteiger partial charge in [-0.1, -0.05) is 47.1 Å². The van der Waals surface area contributed by atoms with E-state index in [-0.39, 0.29) is 17.9 Å². The highest BCUT2D eigenvalue weighted by Crippen LogP contribution is 2.39. The summed E-state index contributed by atoms with van der Waals surface area (Å²) < 4.78 is 46.5. The van der Waals surface area contributed by atoms with Gasteiger partial charge < -0.3 is 24.4 Å². The fourth-order valence-corrected chi connectivity index (χ4v) is 4.27. The monoisotopic (exact) mass is 493 g/mol. The number of benzene rings is 2. The highest BCUT2D eigenvalue weighted by atomic mass is 35.5. The smallest absolute Gasteiger partial charge is 0.335 e. The molecule has 3 aromatic rings. The lowest BCUT2D eigenvalue weighted by molar-refractivity contribution is -0.314. The van der Waals surface area contributed by atoms with Crippen molar-refractivity contribution in [1.82, 2.24) is 15.0 Å². The number of fused-ring (bicyclic) bond motifs is 1. The summed E-state index contributed by atoms with van der Waals surface area (Å²) >= 11 is 5.55. The van der Waals surface area contributed by atoms with Crippen LogP contribution in [0.4, 0.5) is 8.78 Å². The number of hydrogen-bond donors (Lipinski definition) is 2. The molecule has 2 aliphatic heterocycles. The van der Waals surface area contributed by atoms with Gasteiger partial charge in [-0.25, -0.2) is 18.3 Å². The van der Waals surface area contributed by atoms with Crippen LogP contribution in [-0.4, -0.2) is 62.2 Å². The van der Waals surface area contributed by atoms with Crippen molar-refractivity contribution in [3.8, 4) is 11.3 Å². The molecule has 0 saturated carbocycles. The van der Waals surface area contributed by atoms with Gasteiger partial charge in [-0.2, -0.15) is 0 Å². The average molecular weight is 494 g/mol. The van der Waals surface area contributed by atoms with E-state index in [1.54, 1.807) is 12.1 Å². The minimum atomic E-state index is -1.58. The Bertz CT molecular complexity index is 1190. The summed E-state index contributed by atoms with van der Waals surface area (Å²) in [6.07, 6.45) is -4.28. The van der Waals surface area contributed by atoms with E-state index in [1.165, 1.54) is 10.9 Å². The number of aliphatic hydroxyl groups excluding tert-OH is 1. The molecular weight excluding hydrogens is 476 g/mol. The Kier molecular flexibility index (Phi) is 6.04. The predicted molar refractivity (Wildman–Crippen MR) is 112 cm³/mol. The molecule has 178 valence electrons. The largest absolute Gasteiger partial charge is 0.479 e. The van der Waals surface area contributed by atoms with E-state index >= 15 is 0 Å². The molecule has 2 fully saturated rings. The maximum absolute atomic E-state index is 13.9. The van der Waals surface area contributed by atoms with E-state index in [0.717, 1.165) is 17.7 Å². The summed E-state index contributed by atoms with van der Waals surface area (Å²) in [5.41, 5.74) is 0.873. The normalized spacial score (nSPS) is 28.9. The maximum atomic E-state index is 13.9. The van der Waals surface area contributed by atoms with Crippen LogP contribution in [-0.2, 0) is 19.0 Å². The minimum absolute atomic E-state index is 0.00634. The van der Waals surface area contributed by atoms with Gasteiger partial charge >= 0.3 is 5.97 Å². The maximum Gasteiger partial charge on any atom is 0.335 e. The van der Waals surface area contributed by atoms with Gasteiger partial charge in [-0.05, 0) is 12.1 Å². The zero-order chi connectivity index (χ0) is 24.0. The fourth-order valence-electron chi connectivity index (χ4n) is 4.16. The van der Waals surface area contributed by atoms with Crippen LogP contribution in [0.5, 0.6) is 0 Å².